The van der Waals surface area contributed by atoms with Gasteiger partial charge in [-0.1, -0.05) is 105 Å². The molecule has 0 aliphatic carbocycles. The number of benzene rings is 3. The summed E-state index contributed by atoms with van der Waals surface area (Å²) < 4.78 is 8.39. The molecule has 47 heavy (non-hydrogen) atoms. The van der Waals surface area contributed by atoms with E-state index in [2.05, 4.69) is 50.9 Å². The molecule has 7 rings (SSSR count). The minimum absolute atomic E-state index is 0. The van der Waals surface area contributed by atoms with Crippen molar-refractivity contribution in [1.29, 1.82) is 0 Å². The van der Waals surface area contributed by atoms with Crippen molar-refractivity contribution < 1.29 is 25.8 Å². The van der Waals surface area contributed by atoms with Gasteiger partial charge in [-0.25, -0.2) is 9.97 Å². The summed E-state index contributed by atoms with van der Waals surface area (Å²) in [6.07, 6.45) is 3.60. The van der Waals surface area contributed by atoms with E-state index in [1.165, 1.54) is 0 Å². The molecule has 0 saturated carbocycles. The van der Waals surface area contributed by atoms with E-state index in [-0.39, 0.29) is 21.1 Å². The Kier molecular flexibility index (Phi) is 18.8. The summed E-state index contributed by atoms with van der Waals surface area (Å²) in [4.78, 5) is 13.2. The van der Waals surface area contributed by atoms with Crippen molar-refractivity contribution in [2.75, 3.05) is 16.8 Å². The van der Waals surface area contributed by atoms with Crippen molar-refractivity contribution in [3.8, 4) is 17.3 Å². The zero-order valence-electron chi connectivity index (χ0n) is 29.8. The first kappa shape index (κ1) is 40.9. The van der Waals surface area contributed by atoms with Crippen molar-refractivity contribution >= 4 is 39.0 Å². The molecule has 0 unspecified atom stereocenters. The molecule has 0 N–H and O–H groups in total. The first-order valence-corrected chi connectivity index (χ1v) is 16.7. The van der Waals surface area contributed by atoms with Gasteiger partial charge in [-0.15, -0.1) is 35.7 Å². The van der Waals surface area contributed by atoms with E-state index < -0.39 is 0 Å². The van der Waals surface area contributed by atoms with Crippen LogP contribution in [0.4, 0.5) is 17.2 Å². The molecule has 6 aromatic rings. The number of anilines is 3. The molecule has 0 fully saturated rings. The van der Waals surface area contributed by atoms with E-state index in [9.17, 15) is 0 Å². The fourth-order valence-electron chi connectivity index (χ4n) is 4.73. The number of pyridine rings is 2. The van der Waals surface area contributed by atoms with Gasteiger partial charge in [-0.3, -0.25) is 0 Å². The summed E-state index contributed by atoms with van der Waals surface area (Å²) in [7, 11) is 2.01. The van der Waals surface area contributed by atoms with Gasteiger partial charge in [-0.2, -0.15) is 18.8 Å². The monoisotopic (exact) mass is 811 g/mol. The maximum Gasteiger partial charge on any atom is 0.135 e. The Hall–Kier alpha value is -4.15. The molecular weight excluding hydrogens is 762 g/mol. The van der Waals surface area contributed by atoms with Gasteiger partial charge in [-0.05, 0) is 42.8 Å². The number of hydrogen-bond acceptors (Lipinski definition) is 5. The Morgan fingerprint density at radius 2 is 1.28 bits per heavy atom. The van der Waals surface area contributed by atoms with E-state index in [1.807, 2.05) is 153 Å². The van der Waals surface area contributed by atoms with E-state index in [0.717, 1.165) is 44.8 Å². The molecule has 4 heterocycles. The average Bonchev–Trinajstić information content (AvgIpc) is 3.67. The Labute approximate surface area is 297 Å². The Bertz CT molecular complexity index is 1740. The first-order valence-electron chi connectivity index (χ1n) is 16.7. The number of aromatic nitrogens is 3. The van der Waals surface area contributed by atoms with Gasteiger partial charge in [0.2, 0.25) is 0 Å². The van der Waals surface area contributed by atoms with Crippen molar-refractivity contribution in [1.82, 2.24) is 14.5 Å². The second-order valence-corrected chi connectivity index (χ2v) is 8.57. The molecule has 0 radical (unpaired) electrons. The topological polar surface area (TPSA) is 46.4 Å². The Morgan fingerprint density at radius 3 is 1.98 bits per heavy atom. The normalized spacial score (nSPS) is 10.5. The maximum absolute atomic E-state index is 6.27. The van der Waals surface area contributed by atoms with Crippen LogP contribution in [0.5, 0.6) is 11.5 Å². The molecule has 0 spiro atoms. The van der Waals surface area contributed by atoms with Crippen molar-refractivity contribution in [2.24, 2.45) is 0 Å². The van der Waals surface area contributed by atoms with Crippen molar-refractivity contribution in [3.63, 3.8) is 0 Å². The van der Waals surface area contributed by atoms with Crippen LogP contribution in [-0.2, 0) is 21.1 Å². The molecule has 254 valence electrons. The molecule has 0 amide bonds. The third-order valence-electron chi connectivity index (χ3n) is 6.33. The van der Waals surface area contributed by atoms with Gasteiger partial charge in [0.05, 0.1) is 0 Å². The smallest absolute Gasteiger partial charge is 0.135 e. The zero-order chi connectivity index (χ0) is 34.1. The summed E-state index contributed by atoms with van der Waals surface area (Å²) in [5, 5.41) is 2.24. The Morgan fingerprint density at radius 1 is 0.617 bits per heavy atom. The quantitative estimate of drug-likeness (QED) is 0.166. The summed E-state index contributed by atoms with van der Waals surface area (Å²) in [5.74, 6) is 2.91. The molecule has 6 nitrogen and oxygen atoms in total. The molecular formula is C40H50N5OPt-3. The van der Waals surface area contributed by atoms with Crippen LogP contribution >= 0.6 is 0 Å². The number of ether oxygens (including phenoxy) is 1. The minimum atomic E-state index is 0. The van der Waals surface area contributed by atoms with Crippen molar-refractivity contribution in [2.45, 2.75) is 69.2 Å². The van der Waals surface area contributed by atoms with Crippen LogP contribution in [-0.4, -0.2) is 21.6 Å². The van der Waals surface area contributed by atoms with Crippen LogP contribution in [0.3, 0.4) is 0 Å². The third-order valence-corrected chi connectivity index (χ3v) is 6.33. The van der Waals surface area contributed by atoms with Crippen LogP contribution in [0.1, 0.15) is 69.2 Å². The predicted molar refractivity (Wildman–Crippen MR) is 199 cm³/mol. The number of fused-ring (bicyclic) bond motifs is 4. The fraction of sp³-hybridized carbons (Fsp3) is 0.275. The third kappa shape index (κ3) is 9.23. The number of para-hydroxylation sites is 1. The molecule has 1 aliphatic heterocycles. The predicted octanol–water partition coefficient (Wildman–Crippen LogP) is 11.8. The zero-order valence-corrected chi connectivity index (χ0v) is 32.0. The van der Waals surface area contributed by atoms with Gasteiger partial charge in [0.15, 0.2) is 0 Å². The van der Waals surface area contributed by atoms with Crippen LogP contribution in [0.25, 0.3) is 27.6 Å². The second kappa shape index (κ2) is 21.6. The molecule has 0 bridgehead atoms. The second-order valence-electron chi connectivity index (χ2n) is 8.57. The van der Waals surface area contributed by atoms with Crippen LogP contribution in [0.2, 0.25) is 0 Å². The standard InChI is InChI=1S/C30H20N5O.5C2H6.Pt/c1-33-20-34(30-27(33)12-7-17-32-30)21-8-6-9-22(18-21)36-23-14-15-25-24-10-2-3-11-26(24)35(28(25)19-23)29-13-4-5-16-31-29;5*1-2;/h2-17,20H,1H3;5*1-2H3;/q-3;;;;;;. The van der Waals surface area contributed by atoms with Crippen LogP contribution in [0, 0.1) is 18.8 Å². The fourth-order valence-corrected chi connectivity index (χ4v) is 4.73. The van der Waals surface area contributed by atoms with Gasteiger partial charge < -0.3 is 19.1 Å². The Balaban J connectivity index is 0.000000923. The van der Waals surface area contributed by atoms with Crippen LogP contribution < -0.4 is 14.5 Å². The molecule has 3 aromatic heterocycles. The van der Waals surface area contributed by atoms with E-state index in [0.29, 0.717) is 11.5 Å². The molecule has 3 aromatic carbocycles. The molecule has 7 heteroatoms. The summed E-state index contributed by atoms with van der Waals surface area (Å²) in [6.45, 7) is 22.0. The number of nitrogens with zero attached hydrogens (tertiary/aromatic N) is 5. The van der Waals surface area contributed by atoms with Gasteiger partial charge in [0.1, 0.15) is 11.6 Å². The summed E-state index contributed by atoms with van der Waals surface area (Å²) in [5.41, 5.74) is 3.88. The van der Waals surface area contributed by atoms with E-state index in [4.69, 9.17) is 4.74 Å². The molecule has 1 aliphatic rings. The summed E-state index contributed by atoms with van der Waals surface area (Å²) in [6, 6.07) is 34.9. The van der Waals surface area contributed by atoms with E-state index in [1.54, 1.807) is 12.4 Å². The van der Waals surface area contributed by atoms with Crippen LogP contribution in [0.15, 0.2) is 97.3 Å². The summed E-state index contributed by atoms with van der Waals surface area (Å²) >= 11 is 0. The maximum atomic E-state index is 6.27. The molecule has 0 saturated heterocycles. The largest absolute Gasteiger partial charge is 0.509 e. The molecule has 0 atom stereocenters. The van der Waals surface area contributed by atoms with Gasteiger partial charge in [0.25, 0.3) is 0 Å². The first-order chi connectivity index (χ1) is 22.8. The minimum Gasteiger partial charge on any atom is -0.509 e. The van der Waals surface area contributed by atoms with Gasteiger partial charge >= 0.3 is 0 Å². The SMILES string of the molecule is CC.CC.CC.CC.CC.CN1[CH-]N(c2[c-]c(Oc3[c-]c4c(cc3)c3ccccc3n4-c3ccccn3)ccc2)c2ncccc21.[Pt]. The number of rotatable bonds is 4. The van der Waals surface area contributed by atoms with Crippen molar-refractivity contribution in [3.05, 3.63) is 116 Å². The van der Waals surface area contributed by atoms with Gasteiger partial charge in [0, 0.05) is 56.2 Å². The number of hydrogen-bond donors (Lipinski definition) is 0. The van der Waals surface area contributed by atoms with E-state index >= 15 is 0 Å². The average molecular weight is 812 g/mol.